The summed E-state index contributed by atoms with van der Waals surface area (Å²) in [5.74, 6) is 1.18. The summed E-state index contributed by atoms with van der Waals surface area (Å²) in [5.41, 5.74) is 2.68. The Morgan fingerprint density at radius 3 is 2.60 bits per heavy atom. The molecule has 0 saturated carbocycles. The Morgan fingerprint density at radius 2 is 1.86 bits per heavy atom. The zero-order chi connectivity index (χ0) is 24.8. The van der Waals surface area contributed by atoms with Gasteiger partial charge in [0, 0.05) is 28.0 Å². The third-order valence-corrected chi connectivity index (χ3v) is 7.43. The number of hydrogen-bond donors (Lipinski definition) is 0. The van der Waals surface area contributed by atoms with Gasteiger partial charge in [-0.2, -0.15) is 0 Å². The zero-order valence-electron chi connectivity index (χ0n) is 20.0. The second-order valence-corrected chi connectivity index (χ2v) is 10.5. The van der Waals surface area contributed by atoms with Crippen LogP contribution in [0, 0.1) is 6.92 Å². The summed E-state index contributed by atoms with van der Waals surface area (Å²) in [6.07, 6.45) is 1.77. The lowest BCUT2D eigenvalue weighted by atomic mass is 10.1. The van der Waals surface area contributed by atoms with E-state index in [2.05, 4.69) is 35.8 Å². The molecule has 35 heavy (non-hydrogen) atoms. The summed E-state index contributed by atoms with van der Waals surface area (Å²) in [6, 6.07) is 15.1. The first-order valence-corrected chi connectivity index (χ1v) is 13.4. The summed E-state index contributed by atoms with van der Waals surface area (Å²) < 4.78 is 11.8. The van der Waals surface area contributed by atoms with Crippen molar-refractivity contribution in [3.8, 4) is 11.5 Å². The molecule has 1 aliphatic rings. The summed E-state index contributed by atoms with van der Waals surface area (Å²) in [4.78, 5) is 31.6. The number of amides is 2. The molecule has 0 saturated heterocycles. The van der Waals surface area contributed by atoms with Crippen LogP contribution in [-0.2, 0) is 17.9 Å². The van der Waals surface area contributed by atoms with Crippen molar-refractivity contribution in [1.29, 1.82) is 0 Å². The Hall–Kier alpha value is -2.84. The van der Waals surface area contributed by atoms with E-state index in [1.165, 1.54) is 0 Å². The molecular formula is C27H29BrN2O4S. The van der Waals surface area contributed by atoms with Crippen LogP contribution in [0.2, 0.25) is 0 Å². The fourth-order valence-corrected chi connectivity index (χ4v) is 5.22. The molecule has 1 aromatic heterocycles. The number of fused-ring (bicyclic) bond motifs is 1. The molecule has 4 rings (SSSR count). The van der Waals surface area contributed by atoms with E-state index in [9.17, 15) is 9.59 Å². The van der Waals surface area contributed by atoms with E-state index >= 15 is 0 Å². The minimum Gasteiger partial charge on any atom is -0.454 e. The van der Waals surface area contributed by atoms with Crippen molar-refractivity contribution < 1.29 is 19.1 Å². The number of unbranched alkanes of at least 4 members (excludes halogenated alkanes) is 1. The van der Waals surface area contributed by atoms with Crippen LogP contribution in [0.15, 0.2) is 58.4 Å². The van der Waals surface area contributed by atoms with Gasteiger partial charge in [-0.3, -0.25) is 9.59 Å². The molecule has 8 heteroatoms. The van der Waals surface area contributed by atoms with Crippen molar-refractivity contribution >= 4 is 39.1 Å². The topological polar surface area (TPSA) is 59.1 Å². The van der Waals surface area contributed by atoms with Gasteiger partial charge in [0.25, 0.3) is 5.91 Å². The van der Waals surface area contributed by atoms with Gasteiger partial charge in [0.15, 0.2) is 11.5 Å². The van der Waals surface area contributed by atoms with Crippen LogP contribution in [0.25, 0.3) is 0 Å². The van der Waals surface area contributed by atoms with Crippen molar-refractivity contribution in [1.82, 2.24) is 9.80 Å². The highest BCUT2D eigenvalue weighted by atomic mass is 79.9. The second-order valence-electron chi connectivity index (χ2n) is 8.55. The van der Waals surface area contributed by atoms with Gasteiger partial charge in [-0.15, -0.1) is 11.3 Å². The summed E-state index contributed by atoms with van der Waals surface area (Å²) >= 11 is 5.08. The predicted octanol–water partition coefficient (Wildman–Crippen LogP) is 6.02. The van der Waals surface area contributed by atoms with Gasteiger partial charge in [0.1, 0.15) is 6.54 Å². The third-order valence-electron chi connectivity index (χ3n) is 5.93. The fraction of sp³-hybridized carbons (Fsp3) is 0.333. The number of benzene rings is 2. The number of rotatable bonds is 10. The standard InChI is InChI=1S/C27H29BrN2O4S/c1-3-4-11-29(27(32)21-6-5-7-22(28)14-21)17-26(31)30(16-25-19(2)10-12-35-25)15-20-8-9-23-24(13-20)34-18-33-23/h5-10,12-14H,3-4,11,15-18H2,1-2H3. The van der Waals surface area contributed by atoms with Gasteiger partial charge in [0.05, 0.1) is 6.54 Å². The second kappa shape index (κ2) is 11.7. The van der Waals surface area contributed by atoms with Crippen molar-refractivity contribution in [3.05, 3.63) is 80.0 Å². The first-order valence-electron chi connectivity index (χ1n) is 11.7. The number of hydrogen-bond acceptors (Lipinski definition) is 5. The van der Waals surface area contributed by atoms with Crippen LogP contribution >= 0.6 is 27.3 Å². The monoisotopic (exact) mass is 556 g/mol. The molecule has 0 N–H and O–H groups in total. The molecule has 6 nitrogen and oxygen atoms in total. The van der Waals surface area contributed by atoms with Gasteiger partial charge in [-0.1, -0.05) is 41.4 Å². The maximum absolute atomic E-state index is 13.7. The van der Waals surface area contributed by atoms with E-state index in [1.807, 2.05) is 40.6 Å². The van der Waals surface area contributed by atoms with Crippen LogP contribution in [0.3, 0.4) is 0 Å². The number of aryl methyl sites for hydroxylation is 1. The molecule has 0 aliphatic carbocycles. The molecule has 0 atom stereocenters. The van der Waals surface area contributed by atoms with Gasteiger partial charge in [0.2, 0.25) is 12.7 Å². The van der Waals surface area contributed by atoms with Crippen molar-refractivity contribution in [2.75, 3.05) is 19.9 Å². The minimum atomic E-state index is -0.136. The highest BCUT2D eigenvalue weighted by Crippen LogP contribution is 2.33. The zero-order valence-corrected chi connectivity index (χ0v) is 22.4. The molecule has 0 radical (unpaired) electrons. The van der Waals surface area contributed by atoms with E-state index in [1.54, 1.807) is 28.4 Å². The predicted molar refractivity (Wildman–Crippen MR) is 141 cm³/mol. The minimum absolute atomic E-state index is 0.0281. The van der Waals surface area contributed by atoms with Crippen LogP contribution in [0.5, 0.6) is 11.5 Å². The molecule has 2 aromatic carbocycles. The average Bonchev–Trinajstić information content (AvgIpc) is 3.49. The van der Waals surface area contributed by atoms with E-state index in [4.69, 9.17) is 9.47 Å². The van der Waals surface area contributed by atoms with Crippen molar-refractivity contribution in [2.45, 2.75) is 39.8 Å². The average molecular weight is 558 g/mol. The Kier molecular flexibility index (Phi) is 8.46. The molecule has 1 aliphatic heterocycles. The lowest BCUT2D eigenvalue weighted by molar-refractivity contribution is -0.133. The number of carbonyl (C=O) groups excluding carboxylic acids is 2. The van der Waals surface area contributed by atoms with Gasteiger partial charge in [-0.25, -0.2) is 0 Å². The molecule has 0 bridgehead atoms. The van der Waals surface area contributed by atoms with Crippen molar-refractivity contribution in [2.24, 2.45) is 0 Å². The van der Waals surface area contributed by atoms with E-state index in [0.717, 1.165) is 33.3 Å². The molecule has 0 fully saturated rings. The lowest BCUT2D eigenvalue weighted by Gasteiger charge is -2.28. The normalized spacial score (nSPS) is 12.0. The quantitative estimate of drug-likeness (QED) is 0.306. The Bertz CT molecular complexity index is 1200. The summed E-state index contributed by atoms with van der Waals surface area (Å²) in [5, 5.41) is 2.04. The first kappa shape index (κ1) is 25.3. The molecule has 2 amide bonds. The lowest BCUT2D eigenvalue weighted by Crippen LogP contribution is -2.43. The van der Waals surface area contributed by atoms with E-state index in [-0.39, 0.29) is 25.2 Å². The third kappa shape index (κ3) is 6.44. The van der Waals surface area contributed by atoms with E-state index in [0.29, 0.717) is 36.7 Å². The number of halogens is 1. The van der Waals surface area contributed by atoms with E-state index < -0.39 is 0 Å². The van der Waals surface area contributed by atoms with Crippen LogP contribution in [0.1, 0.15) is 46.1 Å². The highest BCUT2D eigenvalue weighted by molar-refractivity contribution is 9.10. The highest BCUT2D eigenvalue weighted by Gasteiger charge is 2.24. The van der Waals surface area contributed by atoms with Crippen molar-refractivity contribution in [3.63, 3.8) is 0 Å². The number of thiophene rings is 1. The maximum atomic E-state index is 13.7. The Morgan fingerprint density at radius 1 is 1.03 bits per heavy atom. The van der Waals surface area contributed by atoms with Gasteiger partial charge in [-0.05, 0) is 66.2 Å². The van der Waals surface area contributed by atoms with Gasteiger partial charge >= 0.3 is 0 Å². The van der Waals surface area contributed by atoms with Crippen LogP contribution < -0.4 is 9.47 Å². The molecule has 2 heterocycles. The molecule has 0 spiro atoms. The summed E-state index contributed by atoms with van der Waals surface area (Å²) in [7, 11) is 0. The Labute approximate surface area is 218 Å². The maximum Gasteiger partial charge on any atom is 0.254 e. The number of ether oxygens (including phenoxy) is 2. The molecule has 3 aromatic rings. The molecule has 0 unspecified atom stereocenters. The SMILES string of the molecule is CCCCN(CC(=O)N(Cc1ccc2c(c1)OCO2)Cc1sccc1C)C(=O)c1cccc(Br)c1. The Balaban J connectivity index is 1.56. The largest absolute Gasteiger partial charge is 0.454 e. The van der Waals surface area contributed by atoms with Crippen LogP contribution in [0.4, 0.5) is 0 Å². The first-order chi connectivity index (χ1) is 16.9. The smallest absolute Gasteiger partial charge is 0.254 e. The van der Waals surface area contributed by atoms with Gasteiger partial charge < -0.3 is 19.3 Å². The molecule has 184 valence electrons. The number of carbonyl (C=O) groups is 2. The van der Waals surface area contributed by atoms with Crippen LogP contribution in [-0.4, -0.2) is 41.5 Å². The number of nitrogens with zero attached hydrogens (tertiary/aromatic N) is 2. The summed E-state index contributed by atoms with van der Waals surface area (Å²) in [6.45, 7) is 5.81. The fourth-order valence-electron chi connectivity index (χ4n) is 3.90. The molecular weight excluding hydrogens is 528 g/mol.